The summed E-state index contributed by atoms with van der Waals surface area (Å²) in [6.07, 6.45) is -5.65. The number of carboxylic acid groups (broad SMARTS) is 1. The number of carbonyl (C=O) groups is 1. The van der Waals surface area contributed by atoms with Crippen LogP contribution in [0, 0.1) is 6.92 Å². The van der Waals surface area contributed by atoms with Crippen LogP contribution in [0.3, 0.4) is 0 Å². The number of nitrogens with zero attached hydrogens (tertiary/aromatic N) is 1. The molecule has 0 aliphatic rings. The van der Waals surface area contributed by atoms with Gasteiger partial charge in [-0.2, -0.15) is 0 Å². The Labute approximate surface area is 209 Å². The molecule has 0 bridgehead atoms. The van der Waals surface area contributed by atoms with Crippen molar-refractivity contribution in [3.63, 3.8) is 0 Å². The molecular weight excluding hydrogens is 499 g/mol. The van der Waals surface area contributed by atoms with E-state index in [2.05, 4.69) is 4.74 Å². The maximum absolute atomic E-state index is 12.9. The number of rotatable bonds is 8. The summed E-state index contributed by atoms with van der Waals surface area (Å²) in [6, 6.07) is 17.3. The first-order chi connectivity index (χ1) is 17.1. The molecule has 36 heavy (non-hydrogen) atoms. The fraction of sp³-hybridized carbons (Fsp3) is 0.192. The van der Waals surface area contributed by atoms with Crippen LogP contribution in [0.25, 0.3) is 16.6 Å². The minimum Gasteiger partial charge on any atom is -0.479 e. The molecule has 0 saturated heterocycles. The highest BCUT2D eigenvalue weighted by Crippen LogP contribution is 2.40. The number of ether oxygens (including phenoxy) is 3. The van der Waals surface area contributed by atoms with E-state index in [1.807, 2.05) is 0 Å². The summed E-state index contributed by atoms with van der Waals surface area (Å²) in [4.78, 5) is 11.4. The van der Waals surface area contributed by atoms with E-state index in [1.165, 1.54) is 18.2 Å². The quantitative estimate of drug-likeness (QED) is 0.260. The average molecular weight is 520 g/mol. The number of halogens is 4. The monoisotopic (exact) mass is 519 g/mol. The second-order valence-electron chi connectivity index (χ2n) is 7.88. The molecule has 0 amide bonds. The zero-order chi connectivity index (χ0) is 26.0. The largest absolute Gasteiger partial charge is 0.573 e. The van der Waals surface area contributed by atoms with Crippen molar-refractivity contribution < 1.29 is 37.3 Å². The van der Waals surface area contributed by atoms with Gasteiger partial charge in [-0.25, -0.2) is 4.79 Å². The van der Waals surface area contributed by atoms with Crippen molar-refractivity contribution in [2.75, 3.05) is 0 Å². The van der Waals surface area contributed by atoms with E-state index in [-0.39, 0.29) is 6.42 Å². The van der Waals surface area contributed by atoms with Crippen molar-refractivity contribution in [3.8, 4) is 28.7 Å². The van der Waals surface area contributed by atoms with E-state index >= 15 is 0 Å². The Morgan fingerprint density at radius 3 is 2.36 bits per heavy atom. The molecule has 1 unspecified atom stereocenters. The van der Waals surface area contributed by atoms with Crippen molar-refractivity contribution in [2.24, 2.45) is 0 Å². The summed E-state index contributed by atoms with van der Waals surface area (Å²) < 4.78 is 56.3. The van der Waals surface area contributed by atoms with Gasteiger partial charge in [0.05, 0.1) is 11.2 Å². The topological polar surface area (TPSA) is 69.9 Å². The standard InChI is InChI=1S/C26H21ClF3NO5/c1-3-23(25(32)33)34-19-6-4-5-17(13-19)31-15(2)24(35-18-9-7-16(27)8-10-18)21-12-11-20(14-22(21)31)36-26(28,29)30/h4-14,23H,3H2,1-2H3,(H,32,33). The lowest BCUT2D eigenvalue weighted by atomic mass is 10.2. The first kappa shape index (κ1) is 25.2. The van der Waals surface area contributed by atoms with Crippen LogP contribution in [0.1, 0.15) is 19.0 Å². The highest BCUT2D eigenvalue weighted by molar-refractivity contribution is 6.30. The van der Waals surface area contributed by atoms with Gasteiger partial charge in [0.25, 0.3) is 0 Å². The lowest BCUT2D eigenvalue weighted by Gasteiger charge is -2.15. The van der Waals surface area contributed by atoms with Crippen LogP contribution in [0.2, 0.25) is 5.02 Å². The van der Waals surface area contributed by atoms with Crippen molar-refractivity contribution in [3.05, 3.63) is 77.4 Å². The average Bonchev–Trinajstić information content (AvgIpc) is 3.08. The van der Waals surface area contributed by atoms with Gasteiger partial charge in [-0.05, 0) is 61.9 Å². The molecule has 0 radical (unpaired) electrons. The minimum absolute atomic E-state index is 0.252. The maximum Gasteiger partial charge on any atom is 0.573 e. The molecule has 0 aliphatic heterocycles. The SMILES string of the molecule is CCC(Oc1cccc(-n2c(C)c(Oc3ccc(Cl)cc3)c3ccc(OC(F)(F)F)cc32)c1)C(=O)O. The fourth-order valence-corrected chi connectivity index (χ4v) is 3.94. The third-order valence-corrected chi connectivity index (χ3v) is 5.64. The van der Waals surface area contributed by atoms with Gasteiger partial charge in [0.2, 0.25) is 0 Å². The Bertz CT molecular complexity index is 1400. The number of aliphatic carboxylic acids is 1. The zero-order valence-corrected chi connectivity index (χ0v) is 19.9. The Morgan fingerprint density at radius 2 is 1.72 bits per heavy atom. The number of fused-ring (bicyclic) bond motifs is 1. The Balaban J connectivity index is 1.85. The van der Waals surface area contributed by atoms with Crippen LogP contribution in [0.5, 0.6) is 23.0 Å². The number of hydrogen-bond acceptors (Lipinski definition) is 4. The van der Waals surface area contributed by atoms with E-state index in [0.29, 0.717) is 44.6 Å². The predicted molar refractivity (Wildman–Crippen MR) is 129 cm³/mol. The molecule has 0 aliphatic carbocycles. The normalized spacial score (nSPS) is 12.4. The molecule has 1 aromatic heterocycles. The predicted octanol–water partition coefficient (Wildman–Crippen LogP) is 7.53. The molecule has 3 aromatic carbocycles. The van der Waals surface area contributed by atoms with Crippen LogP contribution in [-0.2, 0) is 4.79 Å². The van der Waals surface area contributed by atoms with Gasteiger partial charge < -0.3 is 23.9 Å². The van der Waals surface area contributed by atoms with E-state index in [9.17, 15) is 23.1 Å². The third kappa shape index (κ3) is 5.52. The van der Waals surface area contributed by atoms with Gasteiger partial charge in [0.1, 0.15) is 17.2 Å². The molecule has 188 valence electrons. The van der Waals surface area contributed by atoms with Crippen LogP contribution in [0.4, 0.5) is 13.2 Å². The smallest absolute Gasteiger partial charge is 0.479 e. The summed E-state index contributed by atoms with van der Waals surface area (Å²) in [6.45, 7) is 3.45. The zero-order valence-electron chi connectivity index (χ0n) is 19.2. The number of hydrogen-bond donors (Lipinski definition) is 1. The molecule has 0 saturated carbocycles. The Hall–Kier alpha value is -3.85. The first-order valence-electron chi connectivity index (χ1n) is 10.9. The number of alkyl halides is 3. The molecule has 1 N–H and O–H groups in total. The maximum atomic E-state index is 12.9. The number of benzene rings is 3. The Kier molecular flexibility index (Phi) is 7.03. The lowest BCUT2D eigenvalue weighted by Crippen LogP contribution is -2.25. The molecule has 4 aromatic rings. The minimum atomic E-state index is -4.86. The number of carboxylic acids is 1. The van der Waals surface area contributed by atoms with E-state index < -0.39 is 24.2 Å². The fourth-order valence-electron chi connectivity index (χ4n) is 3.81. The number of aromatic nitrogens is 1. The second kappa shape index (κ2) is 10.0. The molecule has 6 nitrogen and oxygen atoms in total. The molecule has 1 heterocycles. The van der Waals surface area contributed by atoms with Gasteiger partial charge in [-0.3, -0.25) is 0 Å². The summed E-state index contributed by atoms with van der Waals surface area (Å²) >= 11 is 5.96. The molecule has 0 fully saturated rings. The van der Waals surface area contributed by atoms with Crippen molar-refractivity contribution in [1.82, 2.24) is 4.57 Å². The first-order valence-corrected chi connectivity index (χ1v) is 11.3. The van der Waals surface area contributed by atoms with Crippen molar-refractivity contribution in [1.29, 1.82) is 0 Å². The summed E-state index contributed by atoms with van der Waals surface area (Å²) in [5.41, 5.74) is 1.51. The second-order valence-corrected chi connectivity index (χ2v) is 8.32. The summed E-state index contributed by atoms with van der Waals surface area (Å²) in [7, 11) is 0. The van der Waals surface area contributed by atoms with Gasteiger partial charge >= 0.3 is 12.3 Å². The van der Waals surface area contributed by atoms with Gasteiger partial charge in [0, 0.05) is 28.2 Å². The molecule has 1 atom stereocenters. The van der Waals surface area contributed by atoms with Crippen LogP contribution >= 0.6 is 11.6 Å². The molecule has 10 heteroatoms. The van der Waals surface area contributed by atoms with Gasteiger partial charge in [-0.1, -0.05) is 24.6 Å². The van der Waals surface area contributed by atoms with E-state index in [0.717, 1.165) is 0 Å². The summed E-state index contributed by atoms with van der Waals surface area (Å²) in [5, 5.41) is 10.4. The molecule has 0 spiro atoms. The highest BCUT2D eigenvalue weighted by Gasteiger charge is 2.31. The highest BCUT2D eigenvalue weighted by atomic mass is 35.5. The van der Waals surface area contributed by atoms with Crippen molar-refractivity contribution in [2.45, 2.75) is 32.7 Å². The van der Waals surface area contributed by atoms with Crippen LogP contribution in [0.15, 0.2) is 66.7 Å². The van der Waals surface area contributed by atoms with Gasteiger partial charge in [0.15, 0.2) is 11.9 Å². The third-order valence-electron chi connectivity index (χ3n) is 5.39. The van der Waals surface area contributed by atoms with Crippen molar-refractivity contribution >= 4 is 28.5 Å². The lowest BCUT2D eigenvalue weighted by molar-refractivity contribution is -0.274. The van der Waals surface area contributed by atoms with E-state index in [1.54, 1.807) is 66.9 Å². The van der Waals surface area contributed by atoms with Gasteiger partial charge in [-0.15, -0.1) is 13.2 Å². The summed E-state index contributed by atoms with van der Waals surface area (Å²) in [5.74, 6) is -0.282. The van der Waals surface area contributed by atoms with Crippen LogP contribution < -0.4 is 14.2 Å². The van der Waals surface area contributed by atoms with E-state index in [4.69, 9.17) is 21.1 Å². The Morgan fingerprint density at radius 1 is 1.03 bits per heavy atom. The molecular formula is C26H21ClF3NO5. The molecule has 4 rings (SSSR count). The van der Waals surface area contributed by atoms with Crippen LogP contribution in [-0.4, -0.2) is 28.1 Å².